The average Bonchev–Trinajstić information content (AvgIpc) is 3.26. The number of nitrogens with zero attached hydrogens (tertiary/aromatic N) is 3. The molecule has 2 aliphatic rings. The Morgan fingerprint density at radius 2 is 1.97 bits per heavy atom. The summed E-state index contributed by atoms with van der Waals surface area (Å²) in [6, 6.07) is 13.1. The van der Waals surface area contributed by atoms with Gasteiger partial charge in [0.1, 0.15) is 12.4 Å². The summed E-state index contributed by atoms with van der Waals surface area (Å²) in [7, 11) is 0. The number of carbonyl (C=O) groups excluding carboxylic acids is 3. The molecule has 2 aromatic rings. The van der Waals surface area contributed by atoms with E-state index in [2.05, 4.69) is 17.0 Å². The summed E-state index contributed by atoms with van der Waals surface area (Å²) in [4.78, 5) is 38.6. The van der Waals surface area contributed by atoms with Crippen molar-refractivity contribution in [1.29, 1.82) is 0 Å². The lowest BCUT2D eigenvalue weighted by Crippen LogP contribution is -2.48. The van der Waals surface area contributed by atoms with E-state index in [0.29, 0.717) is 17.9 Å². The third-order valence-corrected chi connectivity index (χ3v) is 6.62. The first-order chi connectivity index (χ1) is 15.8. The maximum absolute atomic E-state index is 14.1. The normalized spacial score (nSPS) is 18.9. The number of carbonyl (C=O) groups is 3. The lowest BCUT2D eigenvalue weighted by molar-refractivity contribution is -0.139. The summed E-state index contributed by atoms with van der Waals surface area (Å²) in [5, 5.41) is 8.28. The van der Waals surface area contributed by atoms with E-state index in [1.807, 2.05) is 49.4 Å². The van der Waals surface area contributed by atoms with Gasteiger partial charge in [-0.25, -0.2) is 0 Å². The van der Waals surface area contributed by atoms with Crippen molar-refractivity contribution in [2.24, 2.45) is 5.10 Å². The van der Waals surface area contributed by atoms with Crippen LogP contribution in [-0.2, 0) is 25.8 Å². The van der Waals surface area contributed by atoms with Gasteiger partial charge in [0, 0.05) is 25.0 Å². The minimum absolute atomic E-state index is 0.204. The first kappa shape index (κ1) is 22.6. The Hall–Kier alpha value is -3.59. The predicted molar refractivity (Wildman–Crippen MR) is 128 cm³/mol. The van der Waals surface area contributed by atoms with Gasteiger partial charge in [0.05, 0.1) is 12.2 Å². The van der Waals surface area contributed by atoms with Gasteiger partial charge >= 0.3 is 0 Å². The molecule has 0 aromatic heterocycles. The number of amides is 3. The number of benzene rings is 2. The van der Waals surface area contributed by atoms with Crippen LogP contribution in [0.2, 0.25) is 0 Å². The minimum atomic E-state index is -1.43. The third-order valence-electron chi connectivity index (χ3n) is 5.38. The molecule has 1 spiro atoms. The molecule has 0 fully saturated rings. The molecule has 33 heavy (non-hydrogen) atoms. The van der Waals surface area contributed by atoms with Crippen molar-refractivity contribution in [3.63, 3.8) is 0 Å². The monoisotopic (exact) mass is 464 g/mol. The van der Waals surface area contributed by atoms with Crippen LogP contribution < -0.4 is 15.0 Å². The van der Waals surface area contributed by atoms with Crippen molar-refractivity contribution in [1.82, 2.24) is 10.3 Å². The van der Waals surface area contributed by atoms with Crippen LogP contribution in [0.25, 0.3) is 0 Å². The Labute approximate surface area is 196 Å². The quantitative estimate of drug-likeness (QED) is 0.686. The first-order valence-corrected chi connectivity index (χ1v) is 11.2. The molecule has 1 atom stereocenters. The summed E-state index contributed by atoms with van der Waals surface area (Å²) < 4.78 is 5.79. The highest BCUT2D eigenvalue weighted by Gasteiger charge is 2.61. The SMILES string of the molecule is C=CCOc1ccccc1CN1C(=O)C2(SC(NC(C)=O)=NN2C(C)=O)c2cccc(C)c21. The molecule has 2 heterocycles. The van der Waals surface area contributed by atoms with Gasteiger partial charge in [0.15, 0.2) is 5.17 Å². The standard InChI is InChI=1S/C24H24N4O4S/c1-5-13-32-20-12-7-6-10-18(20)14-27-21-15(2)9-8-11-19(21)24(22(27)31)28(17(4)30)26-23(33-24)25-16(3)29/h5-12H,1,13-14H2,2-4H3,(H,25,26,29). The number of hydrogen-bond acceptors (Lipinski definition) is 6. The molecule has 3 amide bonds. The van der Waals surface area contributed by atoms with Crippen molar-refractivity contribution in [2.45, 2.75) is 32.2 Å². The minimum Gasteiger partial charge on any atom is -0.489 e. The van der Waals surface area contributed by atoms with Gasteiger partial charge in [-0.05, 0) is 30.3 Å². The fourth-order valence-corrected chi connectivity index (χ4v) is 5.42. The third kappa shape index (κ3) is 3.78. The summed E-state index contributed by atoms with van der Waals surface area (Å²) in [6.45, 7) is 8.90. The first-order valence-electron chi connectivity index (χ1n) is 10.4. The van der Waals surface area contributed by atoms with Crippen molar-refractivity contribution in [3.8, 4) is 5.75 Å². The number of aryl methyl sites for hydroxylation is 1. The van der Waals surface area contributed by atoms with Gasteiger partial charge in [-0.3, -0.25) is 14.4 Å². The maximum atomic E-state index is 14.1. The van der Waals surface area contributed by atoms with Crippen molar-refractivity contribution in [3.05, 3.63) is 71.8 Å². The van der Waals surface area contributed by atoms with E-state index in [0.717, 1.165) is 28.6 Å². The van der Waals surface area contributed by atoms with Crippen molar-refractivity contribution in [2.75, 3.05) is 11.5 Å². The summed E-state index contributed by atoms with van der Waals surface area (Å²) in [5.74, 6) is -0.393. The Balaban J connectivity index is 1.81. The largest absolute Gasteiger partial charge is 0.489 e. The number of fused-ring (bicyclic) bond motifs is 2. The zero-order chi connectivity index (χ0) is 23.8. The highest BCUT2D eigenvalue weighted by Crippen LogP contribution is 2.55. The average molecular weight is 465 g/mol. The second-order valence-electron chi connectivity index (χ2n) is 7.73. The van der Waals surface area contributed by atoms with Crippen LogP contribution in [0.1, 0.15) is 30.5 Å². The molecular weight excluding hydrogens is 440 g/mol. The Morgan fingerprint density at radius 3 is 2.67 bits per heavy atom. The van der Waals surface area contributed by atoms with Gasteiger partial charge in [-0.1, -0.05) is 49.1 Å². The van der Waals surface area contributed by atoms with Crippen LogP contribution in [0.5, 0.6) is 5.75 Å². The molecule has 1 N–H and O–H groups in total. The number of nitrogens with one attached hydrogen (secondary N) is 1. The molecule has 0 radical (unpaired) electrons. The molecular formula is C24H24N4O4S. The molecule has 1 unspecified atom stereocenters. The predicted octanol–water partition coefficient (Wildman–Crippen LogP) is 3.26. The molecule has 0 saturated heterocycles. The van der Waals surface area contributed by atoms with E-state index in [1.54, 1.807) is 11.0 Å². The van der Waals surface area contributed by atoms with E-state index >= 15 is 0 Å². The number of hydrazone groups is 1. The maximum Gasteiger partial charge on any atom is 0.271 e. The summed E-state index contributed by atoms with van der Waals surface area (Å²) in [5.41, 5.74) is 3.08. The molecule has 2 aromatic carbocycles. The number of hydrogen-bond donors (Lipinski definition) is 1. The van der Waals surface area contributed by atoms with E-state index in [4.69, 9.17) is 4.74 Å². The van der Waals surface area contributed by atoms with Crippen molar-refractivity contribution >= 4 is 40.3 Å². The fraction of sp³-hybridized carbons (Fsp3) is 0.250. The Bertz CT molecular complexity index is 1190. The van der Waals surface area contributed by atoms with E-state index in [1.165, 1.54) is 18.9 Å². The number of thioether (sulfide) groups is 1. The summed E-state index contributed by atoms with van der Waals surface area (Å²) >= 11 is 1.06. The smallest absolute Gasteiger partial charge is 0.271 e. The zero-order valence-corrected chi connectivity index (χ0v) is 19.4. The van der Waals surface area contributed by atoms with Gasteiger partial charge in [-0.2, -0.15) is 5.01 Å². The van der Waals surface area contributed by atoms with Crippen LogP contribution >= 0.6 is 11.8 Å². The van der Waals surface area contributed by atoms with Gasteiger partial charge in [0.2, 0.25) is 16.7 Å². The van der Waals surface area contributed by atoms with Crippen LogP contribution in [0, 0.1) is 6.92 Å². The Morgan fingerprint density at radius 1 is 1.21 bits per heavy atom. The molecule has 9 heteroatoms. The molecule has 2 aliphatic heterocycles. The van der Waals surface area contributed by atoms with Gasteiger partial charge in [0.25, 0.3) is 5.91 Å². The second-order valence-corrected chi connectivity index (χ2v) is 8.91. The van der Waals surface area contributed by atoms with E-state index in [9.17, 15) is 14.4 Å². The van der Waals surface area contributed by atoms with Crippen molar-refractivity contribution < 1.29 is 19.1 Å². The van der Waals surface area contributed by atoms with Gasteiger partial charge < -0.3 is 15.0 Å². The highest BCUT2D eigenvalue weighted by atomic mass is 32.2. The van der Waals surface area contributed by atoms with Crippen LogP contribution in [-0.4, -0.2) is 34.5 Å². The van der Waals surface area contributed by atoms with Crippen LogP contribution in [0.3, 0.4) is 0 Å². The number of ether oxygens (including phenoxy) is 1. The molecule has 8 nitrogen and oxygen atoms in total. The summed E-state index contributed by atoms with van der Waals surface area (Å²) in [6.07, 6.45) is 1.66. The van der Waals surface area contributed by atoms with Crippen LogP contribution in [0.15, 0.2) is 60.2 Å². The van der Waals surface area contributed by atoms with E-state index < -0.39 is 10.8 Å². The fourth-order valence-electron chi connectivity index (χ4n) is 4.10. The van der Waals surface area contributed by atoms with Crippen LogP contribution in [0.4, 0.5) is 5.69 Å². The van der Waals surface area contributed by atoms with Gasteiger partial charge in [-0.15, -0.1) is 5.10 Å². The molecule has 4 rings (SSSR count). The molecule has 0 aliphatic carbocycles. The number of anilines is 1. The number of rotatable bonds is 5. The molecule has 170 valence electrons. The lowest BCUT2D eigenvalue weighted by Gasteiger charge is -2.29. The molecule has 0 bridgehead atoms. The molecule has 0 saturated carbocycles. The topological polar surface area (TPSA) is 91.3 Å². The lowest BCUT2D eigenvalue weighted by atomic mass is 10.0. The van der Waals surface area contributed by atoms with E-state index in [-0.39, 0.29) is 23.5 Å². The number of amidine groups is 1. The second kappa shape index (κ2) is 8.74. The number of para-hydroxylation sites is 2. The highest BCUT2D eigenvalue weighted by molar-refractivity contribution is 8.15. The zero-order valence-electron chi connectivity index (χ0n) is 18.6. The Kier molecular flexibility index (Phi) is 5.99.